The van der Waals surface area contributed by atoms with Crippen LogP contribution >= 0.6 is 0 Å². The summed E-state index contributed by atoms with van der Waals surface area (Å²) >= 11 is 0. The van der Waals surface area contributed by atoms with Gasteiger partial charge in [0.25, 0.3) is 0 Å². The molecule has 1 atom stereocenters. The van der Waals surface area contributed by atoms with Crippen molar-refractivity contribution in [3.8, 4) is 12.3 Å². The number of nitrogens with zero attached hydrogens (tertiary/aromatic N) is 1. The second-order valence-electron chi connectivity index (χ2n) is 2.62. The smallest absolute Gasteiger partial charge is 0.0328 e. The second-order valence-corrected chi connectivity index (χ2v) is 2.62. The number of pyridine rings is 1. The Balaban J connectivity index is 3.07. The van der Waals surface area contributed by atoms with Gasteiger partial charge in [-0.15, -0.1) is 6.42 Å². The molecule has 0 amide bonds. The zero-order valence-electron chi connectivity index (χ0n) is 7.33. The van der Waals surface area contributed by atoms with Crippen LogP contribution in [0.4, 0.5) is 0 Å². The van der Waals surface area contributed by atoms with Gasteiger partial charge in [-0.3, -0.25) is 4.98 Å². The van der Waals surface area contributed by atoms with E-state index in [2.05, 4.69) is 23.1 Å². The molecule has 0 fully saturated rings. The summed E-state index contributed by atoms with van der Waals surface area (Å²) in [5.74, 6) is 2.63. The Bertz CT molecular complexity index is 299. The highest BCUT2D eigenvalue weighted by Gasteiger charge is 2.05. The highest BCUT2D eigenvalue weighted by atomic mass is 14.9. The van der Waals surface area contributed by atoms with Crippen LogP contribution in [0, 0.1) is 12.3 Å². The minimum atomic E-state index is 0.254. The third kappa shape index (κ3) is 1.63. The molecule has 0 aliphatic carbocycles. The number of aromatic nitrogens is 1. The van der Waals surface area contributed by atoms with Crippen LogP contribution in [-0.4, -0.2) is 12.0 Å². The summed E-state index contributed by atoms with van der Waals surface area (Å²) in [6.45, 7) is 2.05. The Labute approximate surface area is 73.0 Å². The average Bonchev–Trinajstić information content (AvgIpc) is 2.16. The van der Waals surface area contributed by atoms with E-state index < -0.39 is 0 Å². The fourth-order valence-electron chi connectivity index (χ4n) is 1.04. The van der Waals surface area contributed by atoms with E-state index in [0.717, 1.165) is 11.1 Å². The first-order valence-electron chi connectivity index (χ1n) is 3.87. The monoisotopic (exact) mass is 160 g/mol. The summed E-state index contributed by atoms with van der Waals surface area (Å²) in [5.41, 5.74) is 1.98. The van der Waals surface area contributed by atoms with E-state index in [4.69, 9.17) is 6.42 Å². The normalized spacial score (nSPS) is 12.1. The molecule has 2 nitrogen and oxygen atoms in total. The van der Waals surface area contributed by atoms with E-state index in [9.17, 15) is 0 Å². The Morgan fingerprint density at radius 2 is 2.42 bits per heavy atom. The predicted octanol–water partition coefficient (Wildman–Crippen LogP) is 1.34. The number of nitrogens with one attached hydrogen (secondary N) is 1. The van der Waals surface area contributed by atoms with Crippen molar-refractivity contribution >= 4 is 0 Å². The van der Waals surface area contributed by atoms with Crippen LogP contribution in [0.3, 0.4) is 0 Å². The lowest BCUT2D eigenvalue weighted by molar-refractivity contribution is 0.648. The third-order valence-corrected chi connectivity index (χ3v) is 1.91. The third-order valence-electron chi connectivity index (χ3n) is 1.91. The summed E-state index contributed by atoms with van der Waals surface area (Å²) in [7, 11) is 1.90. The molecule has 1 aromatic heterocycles. The van der Waals surface area contributed by atoms with Gasteiger partial charge in [0.15, 0.2) is 0 Å². The fourth-order valence-corrected chi connectivity index (χ4v) is 1.04. The van der Waals surface area contributed by atoms with Crippen molar-refractivity contribution in [1.82, 2.24) is 10.3 Å². The van der Waals surface area contributed by atoms with E-state index >= 15 is 0 Å². The number of rotatable bonds is 2. The van der Waals surface area contributed by atoms with Crippen molar-refractivity contribution in [1.29, 1.82) is 0 Å². The van der Waals surface area contributed by atoms with Gasteiger partial charge in [-0.25, -0.2) is 0 Å². The molecule has 0 spiro atoms. The highest BCUT2D eigenvalue weighted by molar-refractivity contribution is 5.39. The van der Waals surface area contributed by atoms with Gasteiger partial charge < -0.3 is 5.32 Å². The fraction of sp³-hybridized carbons (Fsp3) is 0.300. The molecule has 0 aliphatic rings. The van der Waals surface area contributed by atoms with Crippen LogP contribution in [0.1, 0.15) is 24.1 Å². The molecule has 12 heavy (non-hydrogen) atoms. The first-order valence-corrected chi connectivity index (χ1v) is 3.87. The highest BCUT2D eigenvalue weighted by Crippen LogP contribution is 2.14. The van der Waals surface area contributed by atoms with Crippen LogP contribution in [0.15, 0.2) is 18.5 Å². The number of terminal acetylenes is 1. The van der Waals surface area contributed by atoms with Gasteiger partial charge in [0, 0.05) is 29.6 Å². The minimum Gasteiger partial charge on any atom is -0.313 e. The number of hydrogen-bond donors (Lipinski definition) is 1. The summed E-state index contributed by atoms with van der Waals surface area (Å²) in [5, 5.41) is 3.12. The molecule has 0 aromatic carbocycles. The van der Waals surface area contributed by atoms with E-state index in [0.29, 0.717) is 0 Å². The SMILES string of the molecule is C#Cc1ccncc1[C@@H](C)NC. The lowest BCUT2D eigenvalue weighted by Crippen LogP contribution is -2.13. The van der Waals surface area contributed by atoms with Gasteiger partial charge in [-0.05, 0) is 20.0 Å². The first-order chi connectivity index (χ1) is 5.79. The standard InChI is InChI=1S/C10H12N2/c1-4-9-5-6-12-7-10(9)8(2)11-3/h1,5-8,11H,2-3H3/t8-/m1/s1. The Morgan fingerprint density at radius 1 is 1.67 bits per heavy atom. The van der Waals surface area contributed by atoms with E-state index in [1.54, 1.807) is 12.4 Å². The van der Waals surface area contributed by atoms with Crippen LogP contribution in [-0.2, 0) is 0 Å². The van der Waals surface area contributed by atoms with Crippen molar-refractivity contribution in [2.24, 2.45) is 0 Å². The molecule has 0 bridgehead atoms. The van der Waals surface area contributed by atoms with Gasteiger partial charge in [-0.1, -0.05) is 5.92 Å². The molecule has 1 aromatic rings. The maximum absolute atomic E-state index is 5.34. The molecule has 1 rings (SSSR count). The van der Waals surface area contributed by atoms with E-state index in [-0.39, 0.29) is 6.04 Å². The molecule has 1 N–H and O–H groups in total. The maximum Gasteiger partial charge on any atom is 0.0328 e. The molecule has 0 aliphatic heterocycles. The quantitative estimate of drug-likeness (QED) is 0.660. The topological polar surface area (TPSA) is 24.9 Å². The average molecular weight is 160 g/mol. The Hall–Kier alpha value is -1.33. The van der Waals surface area contributed by atoms with Gasteiger partial charge in [-0.2, -0.15) is 0 Å². The van der Waals surface area contributed by atoms with Crippen molar-refractivity contribution in [2.45, 2.75) is 13.0 Å². The lowest BCUT2D eigenvalue weighted by atomic mass is 10.1. The summed E-state index contributed by atoms with van der Waals surface area (Å²) in [4.78, 5) is 4.03. The molecule has 0 unspecified atom stereocenters. The van der Waals surface area contributed by atoms with Crippen LogP contribution in [0.5, 0.6) is 0 Å². The molecule has 2 heteroatoms. The molecule has 1 heterocycles. The van der Waals surface area contributed by atoms with Crippen LogP contribution in [0.25, 0.3) is 0 Å². The van der Waals surface area contributed by atoms with Gasteiger partial charge >= 0.3 is 0 Å². The molecule has 62 valence electrons. The van der Waals surface area contributed by atoms with Crippen molar-refractivity contribution < 1.29 is 0 Å². The van der Waals surface area contributed by atoms with E-state index in [1.165, 1.54) is 0 Å². The molecule has 0 saturated carbocycles. The van der Waals surface area contributed by atoms with Gasteiger partial charge in [0.1, 0.15) is 0 Å². The second kappa shape index (κ2) is 3.89. The summed E-state index contributed by atoms with van der Waals surface area (Å²) < 4.78 is 0. The van der Waals surface area contributed by atoms with Crippen molar-refractivity contribution in [3.05, 3.63) is 29.6 Å². The van der Waals surface area contributed by atoms with Gasteiger partial charge in [0.05, 0.1) is 0 Å². The molecular weight excluding hydrogens is 148 g/mol. The zero-order chi connectivity index (χ0) is 8.97. The summed E-state index contributed by atoms with van der Waals surface area (Å²) in [6, 6.07) is 2.10. The van der Waals surface area contributed by atoms with Gasteiger partial charge in [0.2, 0.25) is 0 Å². The lowest BCUT2D eigenvalue weighted by Gasteiger charge is -2.11. The molecule has 0 saturated heterocycles. The molecular formula is C10H12N2. The van der Waals surface area contributed by atoms with E-state index in [1.807, 2.05) is 13.1 Å². The Morgan fingerprint density at radius 3 is 3.00 bits per heavy atom. The maximum atomic E-state index is 5.34. The minimum absolute atomic E-state index is 0.254. The predicted molar refractivity (Wildman–Crippen MR) is 49.6 cm³/mol. The summed E-state index contributed by atoms with van der Waals surface area (Å²) in [6.07, 6.45) is 8.85. The Kier molecular flexibility index (Phi) is 2.84. The van der Waals surface area contributed by atoms with Crippen molar-refractivity contribution in [3.63, 3.8) is 0 Å². The first kappa shape index (κ1) is 8.76. The largest absolute Gasteiger partial charge is 0.313 e. The van der Waals surface area contributed by atoms with Crippen molar-refractivity contribution in [2.75, 3.05) is 7.05 Å². The molecule has 0 radical (unpaired) electrons. The van der Waals surface area contributed by atoms with Crippen LogP contribution in [0.2, 0.25) is 0 Å². The van der Waals surface area contributed by atoms with Crippen LogP contribution < -0.4 is 5.32 Å². The number of hydrogen-bond acceptors (Lipinski definition) is 2. The zero-order valence-corrected chi connectivity index (χ0v) is 7.33.